The summed E-state index contributed by atoms with van der Waals surface area (Å²) in [6.45, 7) is 2.44. The maximum absolute atomic E-state index is 10.5. The van der Waals surface area contributed by atoms with E-state index in [4.69, 9.17) is 9.84 Å². The van der Waals surface area contributed by atoms with Crippen molar-refractivity contribution in [3.05, 3.63) is 10.1 Å². The molecule has 0 bridgehead atoms. The van der Waals surface area contributed by atoms with Crippen molar-refractivity contribution in [1.29, 1.82) is 0 Å². The van der Waals surface area contributed by atoms with Gasteiger partial charge in [-0.25, -0.2) is 0 Å². The summed E-state index contributed by atoms with van der Waals surface area (Å²) in [6.07, 6.45) is 4.54. The summed E-state index contributed by atoms with van der Waals surface area (Å²) in [5.41, 5.74) is 0. The first-order valence-corrected chi connectivity index (χ1v) is 6.51. The molecule has 0 saturated carbocycles. The van der Waals surface area contributed by atoms with Gasteiger partial charge in [-0.15, -0.1) is 0 Å². The van der Waals surface area contributed by atoms with Gasteiger partial charge in [-0.05, 0) is 19.3 Å². The second-order valence-electron chi connectivity index (χ2n) is 4.35. The Hall–Kier alpha value is -1.17. The van der Waals surface area contributed by atoms with Gasteiger partial charge < -0.3 is 9.84 Å². The summed E-state index contributed by atoms with van der Waals surface area (Å²) in [5, 5.41) is 19.0. The molecule has 1 atom stereocenters. The van der Waals surface area contributed by atoms with Gasteiger partial charge in [0.05, 0.1) is 0 Å². The van der Waals surface area contributed by atoms with Crippen molar-refractivity contribution in [2.75, 3.05) is 13.2 Å². The predicted octanol–water partition coefficient (Wildman–Crippen LogP) is 2.48. The van der Waals surface area contributed by atoms with Gasteiger partial charge in [0.1, 0.15) is 6.10 Å². The number of hydrogen-bond donors (Lipinski definition) is 1. The molecule has 106 valence electrons. The Balaban J connectivity index is 3.76. The van der Waals surface area contributed by atoms with Crippen molar-refractivity contribution in [3.8, 4) is 0 Å². The molecule has 0 aliphatic heterocycles. The Morgan fingerprint density at radius 1 is 1.33 bits per heavy atom. The number of carboxylic acid groups (broad SMARTS) is 1. The molecular weight excluding hydrogens is 238 g/mol. The van der Waals surface area contributed by atoms with Crippen LogP contribution in [0.2, 0.25) is 0 Å². The standard InChI is InChI=1S/C12H23NO5/c1-2-3-6-9-18-11(10-13(16)17)7-4-5-8-12(14)15/h11H,2-10H2,1H3,(H,14,15). The van der Waals surface area contributed by atoms with Gasteiger partial charge in [-0.3, -0.25) is 14.9 Å². The van der Waals surface area contributed by atoms with Crippen LogP contribution in [0.3, 0.4) is 0 Å². The molecule has 6 nitrogen and oxygen atoms in total. The van der Waals surface area contributed by atoms with E-state index >= 15 is 0 Å². The Bertz CT molecular complexity index is 245. The fourth-order valence-electron chi connectivity index (χ4n) is 1.64. The summed E-state index contributed by atoms with van der Waals surface area (Å²) in [5.74, 6) is -0.829. The second kappa shape index (κ2) is 11.0. The number of unbranched alkanes of at least 4 members (excludes halogenated alkanes) is 3. The van der Waals surface area contributed by atoms with Crippen LogP contribution in [0.4, 0.5) is 0 Å². The molecule has 1 unspecified atom stereocenters. The van der Waals surface area contributed by atoms with Gasteiger partial charge in [-0.1, -0.05) is 26.2 Å². The zero-order valence-electron chi connectivity index (χ0n) is 11.0. The van der Waals surface area contributed by atoms with Gasteiger partial charge >= 0.3 is 5.97 Å². The van der Waals surface area contributed by atoms with Gasteiger partial charge in [0.25, 0.3) is 0 Å². The number of aliphatic carboxylic acids is 1. The Morgan fingerprint density at radius 2 is 2.06 bits per heavy atom. The maximum atomic E-state index is 10.5. The minimum absolute atomic E-state index is 0.112. The van der Waals surface area contributed by atoms with E-state index in [0.717, 1.165) is 19.3 Å². The molecule has 0 saturated heterocycles. The molecule has 0 aromatic heterocycles. The lowest BCUT2D eigenvalue weighted by molar-refractivity contribution is -0.491. The fraction of sp³-hybridized carbons (Fsp3) is 0.917. The van der Waals surface area contributed by atoms with E-state index < -0.39 is 5.97 Å². The molecule has 0 rings (SSSR count). The Morgan fingerprint density at radius 3 is 2.61 bits per heavy atom. The van der Waals surface area contributed by atoms with Gasteiger partial charge in [0, 0.05) is 18.0 Å². The highest BCUT2D eigenvalue weighted by atomic mass is 16.6. The maximum Gasteiger partial charge on any atom is 0.303 e. The van der Waals surface area contributed by atoms with Crippen molar-refractivity contribution >= 4 is 5.97 Å². The monoisotopic (exact) mass is 261 g/mol. The van der Waals surface area contributed by atoms with Crippen molar-refractivity contribution in [2.24, 2.45) is 0 Å². The average molecular weight is 261 g/mol. The SMILES string of the molecule is CCCCCOC(CCCCC(=O)O)C[N+](=O)[O-]. The molecular formula is C12H23NO5. The topological polar surface area (TPSA) is 89.7 Å². The largest absolute Gasteiger partial charge is 0.481 e. The molecule has 0 heterocycles. The van der Waals surface area contributed by atoms with Crippen molar-refractivity contribution in [3.63, 3.8) is 0 Å². The van der Waals surface area contributed by atoms with E-state index in [1.807, 2.05) is 0 Å². The number of nitro groups is 1. The zero-order valence-corrected chi connectivity index (χ0v) is 11.0. The minimum Gasteiger partial charge on any atom is -0.481 e. The van der Waals surface area contributed by atoms with Crippen LogP contribution < -0.4 is 0 Å². The lowest BCUT2D eigenvalue weighted by Gasteiger charge is -2.13. The minimum atomic E-state index is -0.829. The lowest BCUT2D eigenvalue weighted by atomic mass is 10.1. The number of nitrogens with zero attached hydrogens (tertiary/aromatic N) is 1. The summed E-state index contributed by atoms with van der Waals surface area (Å²) >= 11 is 0. The smallest absolute Gasteiger partial charge is 0.303 e. The molecule has 0 aliphatic carbocycles. The van der Waals surface area contributed by atoms with Crippen LogP contribution in [-0.4, -0.2) is 35.3 Å². The first-order chi connectivity index (χ1) is 8.56. The summed E-state index contributed by atoms with van der Waals surface area (Å²) in [7, 11) is 0. The first kappa shape index (κ1) is 16.8. The van der Waals surface area contributed by atoms with Crippen LogP contribution >= 0.6 is 0 Å². The van der Waals surface area contributed by atoms with Gasteiger partial charge in [0.15, 0.2) is 0 Å². The number of hydrogen-bond acceptors (Lipinski definition) is 4. The summed E-state index contributed by atoms with van der Waals surface area (Å²) in [4.78, 5) is 20.4. The highest BCUT2D eigenvalue weighted by molar-refractivity contribution is 5.66. The normalized spacial score (nSPS) is 12.3. The third-order valence-corrected chi connectivity index (χ3v) is 2.62. The van der Waals surface area contributed by atoms with Crippen molar-refractivity contribution < 1.29 is 19.6 Å². The van der Waals surface area contributed by atoms with E-state index in [9.17, 15) is 14.9 Å². The number of rotatable bonds is 12. The highest BCUT2D eigenvalue weighted by Gasteiger charge is 2.15. The molecule has 18 heavy (non-hydrogen) atoms. The van der Waals surface area contributed by atoms with E-state index in [-0.39, 0.29) is 24.0 Å². The highest BCUT2D eigenvalue weighted by Crippen LogP contribution is 2.09. The summed E-state index contributed by atoms with van der Waals surface area (Å²) in [6, 6.07) is 0. The summed E-state index contributed by atoms with van der Waals surface area (Å²) < 4.78 is 5.47. The second-order valence-corrected chi connectivity index (χ2v) is 4.35. The predicted molar refractivity (Wildman–Crippen MR) is 67.2 cm³/mol. The third-order valence-electron chi connectivity index (χ3n) is 2.62. The number of carbonyl (C=O) groups is 1. The van der Waals surface area contributed by atoms with Crippen molar-refractivity contribution in [1.82, 2.24) is 0 Å². The first-order valence-electron chi connectivity index (χ1n) is 6.51. The fourth-order valence-corrected chi connectivity index (χ4v) is 1.64. The van der Waals surface area contributed by atoms with Crippen molar-refractivity contribution in [2.45, 2.75) is 58.0 Å². The quantitative estimate of drug-likeness (QED) is 0.331. The molecule has 6 heteroatoms. The number of ether oxygens (including phenoxy) is 1. The average Bonchev–Trinajstić information content (AvgIpc) is 2.28. The van der Waals surface area contributed by atoms with Crippen LogP contribution in [0.15, 0.2) is 0 Å². The van der Waals surface area contributed by atoms with E-state index in [1.165, 1.54) is 0 Å². The molecule has 0 radical (unpaired) electrons. The van der Waals surface area contributed by atoms with E-state index in [2.05, 4.69) is 6.92 Å². The molecule has 0 amide bonds. The third kappa shape index (κ3) is 11.3. The van der Waals surface area contributed by atoms with Crippen LogP contribution in [-0.2, 0) is 9.53 Å². The lowest BCUT2D eigenvalue weighted by Crippen LogP contribution is -2.24. The molecule has 0 aromatic carbocycles. The van der Waals surface area contributed by atoms with E-state index in [1.54, 1.807) is 0 Å². The molecule has 0 spiro atoms. The zero-order chi connectivity index (χ0) is 13.8. The molecule has 0 fully saturated rings. The van der Waals surface area contributed by atoms with Crippen LogP contribution in [0, 0.1) is 10.1 Å². The molecule has 1 N–H and O–H groups in total. The number of carboxylic acids is 1. The molecule has 0 aliphatic rings. The van der Waals surface area contributed by atoms with Crippen LogP contribution in [0.25, 0.3) is 0 Å². The van der Waals surface area contributed by atoms with Gasteiger partial charge in [-0.2, -0.15) is 0 Å². The Labute approximate surface area is 107 Å². The van der Waals surface area contributed by atoms with Crippen LogP contribution in [0.1, 0.15) is 51.9 Å². The van der Waals surface area contributed by atoms with E-state index in [0.29, 0.717) is 25.9 Å². The van der Waals surface area contributed by atoms with Crippen LogP contribution in [0.5, 0.6) is 0 Å². The van der Waals surface area contributed by atoms with Gasteiger partial charge in [0.2, 0.25) is 6.54 Å². The Kier molecular flexibility index (Phi) is 10.2. The molecule has 0 aromatic rings.